The van der Waals surface area contributed by atoms with Crippen LogP contribution in [0.5, 0.6) is 0 Å². The van der Waals surface area contributed by atoms with Crippen LogP contribution in [0.1, 0.15) is 0 Å². The quantitative estimate of drug-likeness (QED) is 0.429. The third-order valence-corrected chi connectivity index (χ3v) is 0.567. The average molecular weight is 461 g/mol. The van der Waals surface area contributed by atoms with Gasteiger partial charge in [0.15, 0.2) is 0 Å². The van der Waals surface area contributed by atoms with Crippen molar-refractivity contribution >= 4 is 6.72 Å². The van der Waals surface area contributed by atoms with Crippen molar-refractivity contribution in [2.24, 2.45) is 5.10 Å². The van der Waals surface area contributed by atoms with Gasteiger partial charge >= 0.3 is 21.1 Å². The number of rotatable bonds is 1. The smallest absolute Gasteiger partial charge is 0.420 e. The van der Waals surface area contributed by atoms with Gasteiger partial charge in [-0.1, -0.05) is 0 Å². The number of imidazole rings is 1. The molecule has 0 fully saturated rings. The van der Waals surface area contributed by atoms with Gasteiger partial charge < -0.3 is 21.5 Å². The molecule has 0 unspecified atom stereocenters. The van der Waals surface area contributed by atoms with Crippen LogP contribution in [0.3, 0.4) is 0 Å². The Morgan fingerprint density at radius 2 is 2.33 bits per heavy atom. The van der Waals surface area contributed by atoms with Gasteiger partial charge in [-0.05, 0) is 0 Å². The Balaban J connectivity index is 0. The monoisotopic (exact) mass is 461 g/mol. The van der Waals surface area contributed by atoms with Gasteiger partial charge in [0.25, 0.3) is 0 Å². The molecule has 5 heteroatoms. The summed E-state index contributed by atoms with van der Waals surface area (Å²) in [5.74, 6) is 0. The molecule has 9 heavy (non-hydrogen) atoms. The van der Waals surface area contributed by atoms with Crippen LogP contribution >= 0.6 is 0 Å². The minimum Gasteiger partial charge on any atom is -0.420 e. The van der Waals surface area contributed by atoms with Gasteiger partial charge in [-0.25, -0.2) is 0 Å². The van der Waals surface area contributed by atoms with Crippen molar-refractivity contribution in [2.75, 3.05) is 0 Å². The van der Waals surface area contributed by atoms with Crippen LogP contribution in [-0.4, -0.2) is 16.4 Å². The Morgan fingerprint density at radius 3 is 2.56 bits per heavy atom. The van der Waals surface area contributed by atoms with Crippen molar-refractivity contribution in [3.63, 3.8) is 0 Å². The Morgan fingerprint density at radius 1 is 1.67 bits per heavy atom. The zero-order chi connectivity index (χ0) is 5.11. The molecular formula is C4H3N3W2. The maximum atomic E-state index is 4.81. The number of hydrogen-bond donors (Lipinski definition) is 0. The first-order chi connectivity index (χ1) is 3.43. The van der Waals surface area contributed by atoms with Gasteiger partial charge in [0.1, 0.15) is 0 Å². The standard InChI is InChI=1S/C4H3N3.2W/c1-5-7-3-2-6-4-7;;/h1-3H;;/q-2;;+2. The SMILES string of the molecule is [CH-]=Nn1[c-]ncc1.[W+2].[W]. The second kappa shape index (κ2) is 6.38. The van der Waals surface area contributed by atoms with Gasteiger partial charge in [0.05, 0.1) is 0 Å². The predicted molar refractivity (Wildman–Crippen MR) is 25.0 cm³/mol. The Labute approximate surface area is 82.1 Å². The van der Waals surface area contributed by atoms with E-state index >= 15 is 0 Å². The number of aromatic nitrogens is 2. The van der Waals surface area contributed by atoms with Crippen LogP contribution in [-0.2, 0) is 42.1 Å². The maximum absolute atomic E-state index is 4.81. The third kappa shape index (κ3) is 3.77. The fraction of sp³-hybridized carbons (Fsp3) is 0. The molecule has 46 valence electrons. The minimum atomic E-state index is 0. The van der Waals surface area contributed by atoms with Crippen molar-refractivity contribution in [3.8, 4) is 0 Å². The van der Waals surface area contributed by atoms with E-state index in [-0.39, 0.29) is 42.1 Å². The van der Waals surface area contributed by atoms with Gasteiger partial charge in [0, 0.05) is 27.4 Å². The van der Waals surface area contributed by atoms with E-state index in [1.807, 2.05) is 0 Å². The fourth-order valence-electron chi connectivity index (χ4n) is 0.287. The van der Waals surface area contributed by atoms with Crippen LogP contribution < -0.4 is 0 Å². The van der Waals surface area contributed by atoms with E-state index in [1.165, 1.54) is 4.68 Å². The summed E-state index contributed by atoms with van der Waals surface area (Å²) in [5.41, 5.74) is 0. The van der Waals surface area contributed by atoms with E-state index in [0.29, 0.717) is 0 Å². The first-order valence-electron chi connectivity index (χ1n) is 1.76. The fourth-order valence-corrected chi connectivity index (χ4v) is 0.287. The van der Waals surface area contributed by atoms with Gasteiger partial charge in [-0.3, -0.25) is 0 Å². The van der Waals surface area contributed by atoms with Crippen molar-refractivity contribution in [1.82, 2.24) is 9.66 Å². The molecule has 0 aliphatic heterocycles. The molecule has 0 N–H and O–H groups in total. The summed E-state index contributed by atoms with van der Waals surface area (Å²) in [6, 6.07) is 0. The van der Waals surface area contributed by atoms with Crippen molar-refractivity contribution in [3.05, 3.63) is 18.7 Å². The molecule has 0 amide bonds. The summed E-state index contributed by atoms with van der Waals surface area (Å²) in [5, 5.41) is 3.23. The van der Waals surface area contributed by atoms with Crippen molar-refractivity contribution in [2.45, 2.75) is 0 Å². The van der Waals surface area contributed by atoms with Crippen LogP contribution in [0.4, 0.5) is 0 Å². The first-order valence-corrected chi connectivity index (χ1v) is 1.76. The molecule has 1 rings (SSSR count). The molecule has 1 heterocycles. The molecule has 1 aromatic rings. The first kappa shape index (κ1) is 12.0. The third-order valence-electron chi connectivity index (χ3n) is 0.567. The Hall–Kier alpha value is 0.257. The molecule has 0 spiro atoms. The molecule has 0 aromatic carbocycles. The summed E-state index contributed by atoms with van der Waals surface area (Å²) in [6.07, 6.45) is 5.61. The van der Waals surface area contributed by atoms with Crippen LogP contribution in [0.2, 0.25) is 0 Å². The van der Waals surface area contributed by atoms with Crippen LogP contribution in [0, 0.1) is 6.33 Å². The Kier molecular flexibility index (Phi) is 8.49. The van der Waals surface area contributed by atoms with E-state index in [9.17, 15) is 0 Å². The summed E-state index contributed by atoms with van der Waals surface area (Å²) >= 11 is 0. The van der Waals surface area contributed by atoms with E-state index in [2.05, 4.69) is 16.4 Å². The normalized spacial score (nSPS) is 6.67. The van der Waals surface area contributed by atoms with Crippen LogP contribution in [0.15, 0.2) is 17.5 Å². The summed E-state index contributed by atoms with van der Waals surface area (Å²) in [6.45, 7) is 4.81. The van der Waals surface area contributed by atoms with Crippen molar-refractivity contribution in [1.29, 1.82) is 0 Å². The maximum Gasteiger partial charge on any atom is 2.00 e. The average Bonchev–Trinajstić information content (AvgIpc) is 2.14. The molecule has 0 atom stereocenters. The van der Waals surface area contributed by atoms with E-state index in [0.717, 1.165) is 0 Å². The molecule has 0 bridgehead atoms. The molecule has 1 aromatic heterocycles. The molecule has 0 radical (unpaired) electrons. The predicted octanol–water partition coefficient (Wildman–Crippen LogP) is 0.0190. The summed E-state index contributed by atoms with van der Waals surface area (Å²) in [4.78, 5) is 3.56. The minimum absolute atomic E-state index is 0. The topological polar surface area (TPSA) is 30.2 Å². The molecule has 0 saturated carbocycles. The Bertz CT molecular complexity index is 149. The van der Waals surface area contributed by atoms with Gasteiger partial charge in [0.2, 0.25) is 0 Å². The summed E-state index contributed by atoms with van der Waals surface area (Å²) < 4.78 is 1.29. The van der Waals surface area contributed by atoms with Gasteiger partial charge in [-0.15, -0.1) is 12.4 Å². The largest absolute Gasteiger partial charge is 2.00 e. The molecule has 0 saturated heterocycles. The molecular weight excluding hydrogens is 458 g/mol. The zero-order valence-corrected chi connectivity index (χ0v) is 10.3. The second-order valence-electron chi connectivity index (χ2n) is 0.987. The van der Waals surface area contributed by atoms with Crippen molar-refractivity contribution < 1.29 is 42.1 Å². The van der Waals surface area contributed by atoms with E-state index < -0.39 is 0 Å². The van der Waals surface area contributed by atoms with Crippen LogP contribution in [0.25, 0.3) is 0 Å². The molecule has 0 aliphatic carbocycles. The number of hydrogen-bond acceptors (Lipinski definition) is 2. The molecule has 0 aliphatic rings. The second-order valence-corrected chi connectivity index (χ2v) is 0.987. The van der Waals surface area contributed by atoms with Gasteiger partial charge in [-0.2, -0.15) is 0 Å². The van der Waals surface area contributed by atoms with E-state index in [1.54, 1.807) is 12.4 Å². The summed E-state index contributed by atoms with van der Waals surface area (Å²) in [7, 11) is 0. The number of nitrogens with zero attached hydrogens (tertiary/aromatic N) is 3. The zero-order valence-electron chi connectivity index (χ0n) is 4.39. The van der Waals surface area contributed by atoms with E-state index in [4.69, 9.17) is 6.72 Å². The molecule has 3 nitrogen and oxygen atoms in total.